The third-order valence-corrected chi connectivity index (χ3v) is 7.90. The van der Waals surface area contributed by atoms with Gasteiger partial charge in [-0.05, 0) is 77.4 Å². The van der Waals surface area contributed by atoms with Gasteiger partial charge in [-0.15, -0.1) is 0 Å². The molecule has 0 amide bonds. The number of hydrogen-bond donors (Lipinski definition) is 4. The van der Waals surface area contributed by atoms with Crippen molar-refractivity contribution in [3.05, 3.63) is 133 Å². The van der Waals surface area contributed by atoms with Gasteiger partial charge in [0.05, 0.1) is 16.9 Å². The van der Waals surface area contributed by atoms with Gasteiger partial charge in [0.1, 0.15) is 0 Å². The van der Waals surface area contributed by atoms with Crippen LogP contribution in [0.4, 0.5) is 5.69 Å². The third-order valence-electron chi connectivity index (χ3n) is 7.90. The molecule has 5 heteroatoms. The number of anilines is 1. The molecule has 200 valence electrons. The van der Waals surface area contributed by atoms with E-state index in [1.807, 2.05) is 24.3 Å². The first-order valence-corrected chi connectivity index (χ1v) is 14.0. The number of benzene rings is 3. The van der Waals surface area contributed by atoms with E-state index in [1.54, 1.807) is 0 Å². The minimum atomic E-state index is 0.732. The maximum Gasteiger partial charge on any atom is 0.0872 e. The highest BCUT2D eigenvalue weighted by Crippen LogP contribution is 2.35. The number of aromatic nitrogens is 4. The predicted octanol–water partition coefficient (Wildman–Crippen LogP) is 9.28. The van der Waals surface area contributed by atoms with Gasteiger partial charge < -0.3 is 20.7 Å². The van der Waals surface area contributed by atoms with Crippen molar-refractivity contribution in [1.82, 2.24) is 19.9 Å². The summed E-state index contributed by atoms with van der Waals surface area (Å²) >= 11 is 0. The van der Waals surface area contributed by atoms with Crippen LogP contribution in [0.5, 0.6) is 0 Å². The number of fused-ring (bicyclic) bond motifs is 9. The maximum absolute atomic E-state index is 6.09. The first kappa shape index (κ1) is 24.0. The molecule has 0 saturated heterocycles. The topological polar surface area (TPSA) is 86.3 Å². The Balaban J connectivity index is 1.57. The number of nitrogens with two attached hydrogens (primary N) is 1. The highest BCUT2D eigenvalue weighted by Gasteiger charge is 2.14. The van der Waals surface area contributed by atoms with E-state index in [-0.39, 0.29) is 0 Å². The molecule has 1 aliphatic heterocycles. The van der Waals surface area contributed by atoms with Gasteiger partial charge in [-0.25, -0.2) is 4.98 Å². The minimum absolute atomic E-state index is 0.732. The Hall–Kier alpha value is -5.81. The summed E-state index contributed by atoms with van der Waals surface area (Å²) in [7, 11) is 0. The number of rotatable bonds is 3. The fourth-order valence-corrected chi connectivity index (χ4v) is 5.93. The van der Waals surface area contributed by atoms with E-state index in [1.165, 1.54) is 0 Å². The van der Waals surface area contributed by atoms with E-state index in [0.717, 1.165) is 83.6 Å². The van der Waals surface area contributed by atoms with E-state index >= 15 is 0 Å². The van der Waals surface area contributed by atoms with Crippen molar-refractivity contribution in [3.63, 3.8) is 0 Å². The minimum Gasteiger partial charge on any atom is -0.399 e. The van der Waals surface area contributed by atoms with Gasteiger partial charge in [0, 0.05) is 50.0 Å². The zero-order valence-electron chi connectivity index (χ0n) is 22.7. The van der Waals surface area contributed by atoms with Crippen molar-refractivity contribution >= 4 is 50.9 Å². The van der Waals surface area contributed by atoms with Crippen molar-refractivity contribution in [2.75, 3.05) is 5.73 Å². The Bertz CT molecular complexity index is 2230. The molecule has 0 spiro atoms. The van der Waals surface area contributed by atoms with Crippen LogP contribution in [0.2, 0.25) is 0 Å². The van der Waals surface area contributed by atoms with Gasteiger partial charge in [-0.2, -0.15) is 0 Å². The third kappa shape index (κ3) is 4.07. The van der Waals surface area contributed by atoms with Gasteiger partial charge in [-0.3, -0.25) is 0 Å². The van der Waals surface area contributed by atoms with E-state index in [2.05, 4.69) is 124 Å². The molecule has 8 bridgehead atoms. The lowest BCUT2D eigenvalue weighted by Crippen LogP contribution is -1.86. The molecule has 0 aliphatic carbocycles. The van der Waals surface area contributed by atoms with Crippen LogP contribution in [0.15, 0.2) is 121 Å². The fourth-order valence-electron chi connectivity index (χ4n) is 5.93. The number of nitrogen functional groups attached to an aromatic ring is 1. The molecule has 1 aliphatic rings. The molecule has 0 saturated carbocycles. The van der Waals surface area contributed by atoms with E-state index in [0.29, 0.717) is 0 Å². The summed E-state index contributed by atoms with van der Waals surface area (Å²) in [5.74, 6) is 0. The Morgan fingerprint density at radius 3 is 1.33 bits per heavy atom. The van der Waals surface area contributed by atoms with Crippen LogP contribution in [-0.2, 0) is 0 Å². The second-order valence-corrected chi connectivity index (χ2v) is 10.6. The SMILES string of the molecule is Nc1ccc(-c2c3ccc([nH]3)c(-c3ccccc3)c3nc(c4ccc([nH]4)c(-c4ccccc4)c4ccc2[nH]4)C=C3)cc1. The number of H-pyrrole nitrogens is 3. The quantitative estimate of drug-likeness (QED) is 0.168. The van der Waals surface area contributed by atoms with Crippen LogP contribution < -0.4 is 5.73 Å². The molecule has 5 heterocycles. The molecular weight excluding hydrogens is 514 g/mol. The van der Waals surface area contributed by atoms with Gasteiger partial charge in [0.25, 0.3) is 0 Å². The van der Waals surface area contributed by atoms with Crippen molar-refractivity contribution in [2.24, 2.45) is 0 Å². The number of nitrogens with zero attached hydrogens (tertiary/aromatic N) is 1. The molecule has 0 atom stereocenters. The summed E-state index contributed by atoms with van der Waals surface area (Å²) in [4.78, 5) is 16.3. The van der Waals surface area contributed by atoms with Gasteiger partial charge in [0.15, 0.2) is 0 Å². The molecule has 0 radical (unpaired) electrons. The van der Waals surface area contributed by atoms with E-state index < -0.39 is 0 Å². The van der Waals surface area contributed by atoms with Crippen molar-refractivity contribution in [1.29, 1.82) is 0 Å². The van der Waals surface area contributed by atoms with Crippen molar-refractivity contribution < 1.29 is 0 Å². The molecule has 4 aromatic heterocycles. The summed E-state index contributed by atoms with van der Waals surface area (Å²) in [5, 5.41) is 0. The van der Waals surface area contributed by atoms with Crippen LogP contribution in [0.3, 0.4) is 0 Å². The monoisotopic (exact) mass is 541 g/mol. The summed E-state index contributed by atoms with van der Waals surface area (Å²) in [6.07, 6.45) is 4.19. The summed E-state index contributed by atoms with van der Waals surface area (Å²) in [6, 6.07) is 41.8. The molecule has 8 rings (SSSR count). The van der Waals surface area contributed by atoms with Gasteiger partial charge in [0.2, 0.25) is 0 Å². The lowest BCUT2D eigenvalue weighted by Gasteiger charge is -2.05. The predicted molar refractivity (Wildman–Crippen MR) is 176 cm³/mol. The second-order valence-electron chi connectivity index (χ2n) is 10.6. The van der Waals surface area contributed by atoms with Gasteiger partial charge in [-0.1, -0.05) is 72.8 Å². The second kappa shape index (κ2) is 9.68. The molecule has 0 unspecified atom stereocenters. The maximum atomic E-state index is 6.09. The largest absolute Gasteiger partial charge is 0.399 e. The molecule has 3 aromatic carbocycles. The van der Waals surface area contributed by atoms with Crippen LogP contribution in [0.25, 0.3) is 78.6 Å². The zero-order chi connectivity index (χ0) is 28.0. The van der Waals surface area contributed by atoms with E-state index in [4.69, 9.17) is 10.7 Å². The van der Waals surface area contributed by atoms with Crippen LogP contribution >= 0.6 is 0 Å². The first-order chi connectivity index (χ1) is 20.7. The fraction of sp³-hybridized carbons (Fsp3) is 0. The lowest BCUT2D eigenvalue weighted by molar-refractivity contribution is 1.32. The smallest absolute Gasteiger partial charge is 0.0872 e. The lowest BCUT2D eigenvalue weighted by atomic mass is 10.0. The van der Waals surface area contributed by atoms with Crippen molar-refractivity contribution in [3.8, 4) is 33.4 Å². The van der Waals surface area contributed by atoms with Crippen LogP contribution in [-0.4, -0.2) is 19.9 Å². The molecular formula is C37H27N5. The number of nitrogens with one attached hydrogen (secondary N) is 3. The Labute approximate surface area is 242 Å². The van der Waals surface area contributed by atoms with Crippen LogP contribution in [0.1, 0.15) is 11.4 Å². The summed E-state index contributed by atoms with van der Waals surface area (Å²) in [6.45, 7) is 0. The molecule has 0 fully saturated rings. The average molecular weight is 542 g/mol. The van der Waals surface area contributed by atoms with Crippen molar-refractivity contribution in [2.45, 2.75) is 0 Å². The molecule has 7 aromatic rings. The Morgan fingerprint density at radius 1 is 0.381 bits per heavy atom. The summed E-state index contributed by atoms with van der Waals surface area (Å²) in [5.41, 5.74) is 21.2. The normalized spacial score (nSPS) is 11.8. The zero-order valence-corrected chi connectivity index (χ0v) is 22.7. The Kier molecular flexibility index (Phi) is 5.54. The average Bonchev–Trinajstić information content (AvgIpc) is 3.85. The standard InChI is InChI=1S/C37H27N5/c38-26-13-11-25(12-14-26)37-33-21-19-31(41-33)35(23-7-3-1-4-8-23)29-17-15-27(39-29)28-16-18-30(40-28)36(24-9-5-2-6-10-24)32-20-22-34(37)42-32/h1-22,39,41-42H,38H2. The van der Waals surface area contributed by atoms with Crippen LogP contribution in [0, 0.1) is 0 Å². The van der Waals surface area contributed by atoms with Gasteiger partial charge >= 0.3 is 0 Å². The highest BCUT2D eigenvalue weighted by atomic mass is 14.8. The molecule has 5 nitrogen and oxygen atoms in total. The van der Waals surface area contributed by atoms with E-state index in [9.17, 15) is 0 Å². The molecule has 42 heavy (non-hydrogen) atoms. The Morgan fingerprint density at radius 2 is 0.786 bits per heavy atom. The number of hydrogen-bond acceptors (Lipinski definition) is 2. The summed E-state index contributed by atoms with van der Waals surface area (Å²) < 4.78 is 0. The first-order valence-electron chi connectivity index (χ1n) is 14.0. The molecule has 5 N–H and O–H groups in total. The number of aromatic amines is 3. The highest BCUT2D eigenvalue weighted by molar-refractivity contribution is 6.00.